The molecule has 0 unspecified atom stereocenters. The molecule has 0 aromatic heterocycles. The summed E-state index contributed by atoms with van der Waals surface area (Å²) in [6.07, 6.45) is 1.15. The molecule has 0 spiro atoms. The van der Waals surface area contributed by atoms with E-state index >= 15 is 0 Å². The van der Waals surface area contributed by atoms with Crippen LogP contribution in [0.25, 0.3) is 0 Å². The van der Waals surface area contributed by atoms with Crippen LogP contribution in [0.2, 0.25) is 0 Å². The van der Waals surface area contributed by atoms with E-state index in [1.54, 1.807) is 0 Å². The zero-order valence-corrected chi connectivity index (χ0v) is 9.80. The minimum atomic E-state index is -0.128. The number of halogens is 2. The normalized spacial score (nSPS) is 28.8. The van der Waals surface area contributed by atoms with Crippen LogP contribution in [0.1, 0.15) is 6.42 Å². The average molecular weight is 271 g/mol. The van der Waals surface area contributed by atoms with Crippen molar-refractivity contribution in [3.63, 3.8) is 0 Å². The van der Waals surface area contributed by atoms with E-state index < -0.39 is 0 Å². The van der Waals surface area contributed by atoms with Crippen LogP contribution in [0.15, 0.2) is 22.7 Å². The van der Waals surface area contributed by atoms with Crippen LogP contribution in [0, 0.1) is 5.82 Å². The number of nitrogens with zero attached hydrogens (tertiary/aromatic N) is 1. The SMILES string of the molecule is Fc1cc(Br)ccc1N1C[C@@H]2C[C@H]1CN2. The number of rotatable bonds is 1. The molecule has 2 bridgehead atoms. The smallest absolute Gasteiger partial charge is 0.147 e. The molecule has 1 aromatic rings. The quantitative estimate of drug-likeness (QED) is 0.841. The van der Waals surface area contributed by atoms with Crippen molar-refractivity contribution in [2.45, 2.75) is 18.5 Å². The Balaban J connectivity index is 1.93. The maximum Gasteiger partial charge on any atom is 0.147 e. The topological polar surface area (TPSA) is 15.3 Å². The van der Waals surface area contributed by atoms with E-state index in [0.29, 0.717) is 12.1 Å². The van der Waals surface area contributed by atoms with Crippen molar-refractivity contribution in [1.82, 2.24) is 5.32 Å². The molecule has 2 aliphatic rings. The molecule has 2 nitrogen and oxygen atoms in total. The second-order valence-corrected chi connectivity index (χ2v) is 5.16. The van der Waals surface area contributed by atoms with Gasteiger partial charge in [-0.05, 0) is 24.6 Å². The minimum Gasteiger partial charge on any atom is -0.363 e. The Morgan fingerprint density at radius 2 is 2.33 bits per heavy atom. The van der Waals surface area contributed by atoms with E-state index in [4.69, 9.17) is 0 Å². The Bertz CT molecular complexity index is 396. The Labute approximate surface area is 96.6 Å². The highest BCUT2D eigenvalue weighted by Gasteiger charge is 2.38. The summed E-state index contributed by atoms with van der Waals surface area (Å²) >= 11 is 3.27. The number of hydrogen-bond donors (Lipinski definition) is 1. The van der Waals surface area contributed by atoms with Gasteiger partial charge in [-0.1, -0.05) is 15.9 Å². The van der Waals surface area contributed by atoms with Crippen LogP contribution in [0.5, 0.6) is 0 Å². The van der Waals surface area contributed by atoms with Crippen LogP contribution in [-0.4, -0.2) is 25.2 Å². The van der Waals surface area contributed by atoms with Crippen LogP contribution in [0.3, 0.4) is 0 Å². The third-order valence-electron chi connectivity index (χ3n) is 3.28. The first-order valence-electron chi connectivity index (χ1n) is 5.19. The van der Waals surface area contributed by atoms with E-state index in [9.17, 15) is 4.39 Å². The summed E-state index contributed by atoms with van der Waals surface area (Å²) in [6, 6.07) is 6.33. The van der Waals surface area contributed by atoms with Gasteiger partial charge in [0.2, 0.25) is 0 Å². The molecular formula is C11H12BrFN2. The Kier molecular flexibility index (Phi) is 2.21. The van der Waals surface area contributed by atoms with E-state index in [-0.39, 0.29) is 5.82 Å². The molecule has 2 saturated heterocycles. The molecule has 0 aliphatic carbocycles. The predicted molar refractivity (Wildman–Crippen MR) is 61.6 cm³/mol. The van der Waals surface area contributed by atoms with Gasteiger partial charge in [0.05, 0.1) is 5.69 Å². The highest BCUT2D eigenvalue weighted by atomic mass is 79.9. The van der Waals surface area contributed by atoms with Crippen LogP contribution in [0.4, 0.5) is 10.1 Å². The first kappa shape index (κ1) is 9.60. The molecule has 2 aliphatic heterocycles. The summed E-state index contributed by atoms with van der Waals surface area (Å²) in [7, 11) is 0. The maximum atomic E-state index is 13.7. The van der Waals surface area contributed by atoms with Gasteiger partial charge in [0.15, 0.2) is 0 Å². The highest BCUT2D eigenvalue weighted by molar-refractivity contribution is 9.10. The monoisotopic (exact) mass is 270 g/mol. The van der Waals surface area contributed by atoms with Gasteiger partial charge in [-0.25, -0.2) is 4.39 Å². The lowest BCUT2D eigenvalue weighted by atomic mass is 10.2. The molecule has 2 heterocycles. The third kappa shape index (κ3) is 1.56. The highest BCUT2D eigenvalue weighted by Crippen LogP contribution is 2.32. The van der Waals surface area contributed by atoms with Crippen molar-refractivity contribution in [1.29, 1.82) is 0 Å². The second kappa shape index (κ2) is 3.46. The number of benzene rings is 1. The number of nitrogens with one attached hydrogen (secondary N) is 1. The first-order chi connectivity index (χ1) is 7.24. The summed E-state index contributed by atoms with van der Waals surface area (Å²) in [5.74, 6) is -0.128. The van der Waals surface area contributed by atoms with Gasteiger partial charge in [-0.2, -0.15) is 0 Å². The zero-order chi connectivity index (χ0) is 10.4. The summed E-state index contributed by atoms with van der Waals surface area (Å²) in [5, 5.41) is 3.41. The summed E-state index contributed by atoms with van der Waals surface area (Å²) in [5.41, 5.74) is 0.743. The fourth-order valence-electron chi connectivity index (χ4n) is 2.57. The number of hydrogen-bond acceptors (Lipinski definition) is 2. The summed E-state index contributed by atoms with van der Waals surface area (Å²) < 4.78 is 14.5. The maximum absolute atomic E-state index is 13.7. The molecule has 2 atom stereocenters. The molecule has 1 aromatic carbocycles. The van der Waals surface area contributed by atoms with Gasteiger partial charge in [0, 0.05) is 29.6 Å². The Hall–Kier alpha value is -0.610. The molecule has 2 fully saturated rings. The lowest BCUT2D eigenvalue weighted by molar-refractivity contribution is 0.561. The largest absolute Gasteiger partial charge is 0.363 e. The molecule has 3 rings (SSSR count). The average Bonchev–Trinajstić information content (AvgIpc) is 2.78. The molecule has 0 radical (unpaired) electrons. The molecule has 0 saturated carbocycles. The fraction of sp³-hybridized carbons (Fsp3) is 0.455. The van der Waals surface area contributed by atoms with E-state index in [1.807, 2.05) is 12.1 Å². The van der Waals surface area contributed by atoms with Crippen molar-refractivity contribution in [2.75, 3.05) is 18.0 Å². The third-order valence-corrected chi connectivity index (χ3v) is 3.77. The summed E-state index contributed by atoms with van der Waals surface area (Å²) in [6.45, 7) is 1.92. The van der Waals surface area contributed by atoms with E-state index in [1.165, 1.54) is 6.07 Å². The molecule has 0 amide bonds. The minimum absolute atomic E-state index is 0.128. The van der Waals surface area contributed by atoms with Crippen molar-refractivity contribution in [3.8, 4) is 0 Å². The van der Waals surface area contributed by atoms with Crippen molar-refractivity contribution < 1.29 is 4.39 Å². The Morgan fingerprint density at radius 3 is 2.93 bits per heavy atom. The summed E-state index contributed by atoms with van der Waals surface area (Å²) in [4.78, 5) is 2.18. The van der Waals surface area contributed by atoms with Crippen molar-refractivity contribution in [3.05, 3.63) is 28.5 Å². The fourth-order valence-corrected chi connectivity index (χ4v) is 2.90. The first-order valence-corrected chi connectivity index (χ1v) is 5.98. The lowest BCUT2D eigenvalue weighted by Crippen LogP contribution is -2.43. The Morgan fingerprint density at radius 1 is 1.47 bits per heavy atom. The molecular weight excluding hydrogens is 259 g/mol. The van der Waals surface area contributed by atoms with Gasteiger partial charge in [0.25, 0.3) is 0 Å². The van der Waals surface area contributed by atoms with E-state index in [2.05, 4.69) is 26.1 Å². The number of anilines is 1. The molecule has 80 valence electrons. The van der Waals surface area contributed by atoms with Crippen LogP contribution < -0.4 is 10.2 Å². The molecule has 4 heteroatoms. The van der Waals surface area contributed by atoms with Gasteiger partial charge >= 0.3 is 0 Å². The second-order valence-electron chi connectivity index (χ2n) is 4.24. The van der Waals surface area contributed by atoms with Gasteiger partial charge < -0.3 is 10.2 Å². The van der Waals surface area contributed by atoms with Gasteiger partial charge in [0.1, 0.15) is 5.82 Å². The zero-order valence-electron chi connectivity index (χ0n) is 8.21. The van der Waals surface area contributed by atoms with Gasteiger partial charge in [-0.3, -0.25) is 0 Å². The number of fused-ring (bicyclic) bond motifs is 2. The van der Waals surface area contributed by atoms with Crippen LogP contribution >= 0.6 is 15.9 Å². The standard InChI is InChI=1S/C11H12BrFN2/c12-7-1-2-11(10(13)3-7)15-6-8-4-9(15)5-14-8/h1-3,8-9,14H,4-6H2/t8-,9-/m0/s1. The number of piperazine rings is 1. The molecule has 1 N–H and O–H groups in total. The van der Waals surface area contributed by atoms with E-state index in [0.717, 1.165) is 29.7 Å². The van der Waals surface area contributed by atoms with Crippen LogP contribution in [-0.2, 0) is 0 Å². The van der Waals surface area contributed by atoms with Crippen molar-refractivity contribution >= 4 is 21.6 Å². The van der Waals surface area contributed by atoms with Gasteiger partial charge in [-0.15, -0.1) is 0 Å². The molecule has 15 heavy (non-hydrogen) atoms. The lowest BCUT2D eigenvalue weighted by Gasteiger charge is -2.29. The van der Waals surface area contributed by atoms with Crippen molar-refractivity contribution in [2.24, 2.45) is 0 Å². The predicted octanol–water partition coefficient (Wildman–Crippen LogP) is 2.14.